The van der Waals surface area contributed by atoms with Gasteiger partial charge >= 0.3 is 0 Å². The zero-order chi connectivity index (χ0) is 12.5. The molecule has 1 unspecified atom stereocenters. The topological polar surface area (TPSA) is 47.6 Å². The Hall–Kier alpha value is -2.24. The maximum atomic E-state index is 13.5. The van der Waals surface area contributed by atoms with Crippen molar-refractivity contribution in [2.45, 2.75) is 6.04 Å². The third-order valence-electron chi connectivity index (χ3n) is 2.61. The smallest absolute Gasteiger partial charge is 0.223 e. The fourth-order valence-corrected chi connectivity index (χ4v) is 1.75. The van der Waals surface area contributed by atoms with Gasteiger partial charge in [0.05, 0.1) is 6.20 Å². The molecular formula is C12H8F2N2O2. The van der Waals surface area contributed by atoms with Crippen LogP contribution in [0, 0.1) is 11.6 Å². The van der Waals surface area contributed by atoms with E-state index >= 15 is 0 Å². The van der Waals surface area contributed by atoms with E-state index in [0.717, 1.165) is 12.1 Å². The summed E-state index contributed by atoms with van der Waals surface area (Å²) in [6, 6.07) is 3.19. The molecule has 0 N–H and O–H groups in total. The van der Waals surface area contributed by atoms with Gasteiger partial charge in [-0.05, 0) is 12.1 Å². The Morgan fingerprint density at radius 3 is 2.67 bits per heavy atom. The molecule has 0 fully saturated rings. The molecule has 0 aliphatic carbocycles. The normalized spacial score (nSPS) is 18.6. The molecule has 0 saturated heterocycles. The van der Waals surface area contributed by atoms with Gasteiger partial charge in [0.2, 0.25) is 5.90 Å². The quantitative estimate of drug-likeness (QED) is 0.822. The lowest BCUT2D eigenvalue weighted by atomic mass is 10.2. The predicted octanol–water partition coefficient (Wildman–Crippen LogP) is 2.47. The van der Waals surface area contributed by atoms with Crippen LogP contribution < -0.4 is 0 Å². The van der Waals surface area contributed by atoms with Gasteiger partial charge in [0.15, 0.2) is 12.2 Å². The number of rotatable bonds is 2. The van der Waals surface area contributed by atoms with E-state index in [2.05, 4.69) is 9.98 Å². The summed E-state index contributed by atoms with van der Waals surface area (Å²) >= 11 is 0. The monoisotopic (exact) mass is 250 g/mol. The molecule has 1 aliphatic heterocycles. The third kappa shape index (κ3) is 1.75. The van der Waals surface area contributed by atoms with Crippen LogP contribution in [-0.2, 0) is 4.74 Å². The highest BCUT2D eigenvalue weighted by molar-refractivity contribution is 5.95. The Bertz CT molecular complexity index is 576. The number of hydrogen-bond donors (Lipinski definition) is 0. The minimum atomic E-state index is -0.702. The summed E-state index contributed by atoms with van der Waals surface area (Å²) < 4.78 is 37.4. The lowest BCUT2D eigenvalue weighted by Gasteiger charge is -2.03. The van der Waals surface area contributed by atoms with Crippen molar-refractivity contribution in [1.82, 2.24) is 4.98 Å². The third-order valence-corrected chi connectivity index (χ3v) is 2.61. The summed E-state index contributed by atoms with van der Waals surface area (Å²) in [5, 5.41) is 0. The van der Waals surface area contributed by atoms with E-state index in [4.69, 9.17) is 9.15 Å². The van der Waals surface area contributed by atoms with Crippen LogP contribution in [0.15, 0.2) is 40.2 Å². The molecule has 92 valence electrons. The van der Waals surface area contributed by atoms with Crippen molar-refractivity contribution in [3.63, 3.8) is 0 Å². The van der Waals surface area contributed by atoms with Crippen LogP contribution in [0.2, 0.25) is 0 Å². The minimum Gasteiger partial charge on any atom is -0.475 e. The van der Waals surface area contributed by atoms with Gasteiger partial charge in [-0.15, -0.1) is 0 Å². The Morgan fingerprint density at radius 1 is 1.22 bits per heavy atom. The van der Waals surface area contributed by atoms with Gasteiger partial charge < -0.3 is 9.15 Å². The van der Waals surface area contributed by atoms with E-state index in [1.165, 1.54) is 18.7 Å². The van der Waals surface area contributed by atoms with Crippen molar-refractivity contribution in [1.29, 1.82) is 0 Å². The first kappa shape index (κ1) is 10.9. The summed E-state index contributed by atoms with van der Waals surface area (Å²) in [7, 11) is 0. The molecule has 1 aromatic carbocycles. The summed E-state index contributed by atoms with van der Waals surface area (Å²) in [6.45, 7) is 0.179. The van der Waals surface area contributed by atoms with E-state index in [1.54, 1.807) is 0 Å². The van der Waals surface area contributed by atoms with E-state index in [-0.39, 0.29) is 18.1 Å². The average molecular weight is 250 g/mol. The number of hydrogen-bond acceptors (Lipinski definition) is 4. The summed E-state index contributed by atoms with van der Waals surface area (Å²) in [5.41, 5.74) is -0.250. The van der Waals surface area contributed by atoms with Gasteiger partial charge in [-0.25, -0.2) is 18.8 Å². The summed E-state index contributed by atoms with van der Waals surface area (Å²) in [6.07, 6.45) is 2.77. The lowest BCUT2D eigenvalue weighted by molar-refractivity contribution is 0.301. The standard InChI is InChI=1S/C12H8F2N2O2/c13-7-2-1-3-8(14)11(7)12-16-9(5-17-12)10-4-15-6-18-10/h1-4,6,9H,5H2. The number of oxazole rings is 1. The van der Waals surface area contributed by atoms with Crippen LogP contribution in [0.4, 0.5) is 8.78 Å². The number of aromatic nitrogens is 1. The minimum absolute atomic E-state index is 0.0491. The number of ether oxygens (including phenoxy) is 1. The maximum Gasteiger partial charge on any atom is 0.223 e. The lowest BCUT2D eigenvalue weighted by Crippen LogP contribution is -2.07. The highest BCUT2D eigenvalue weighted by Crippen LogP contribution is 2.26. The molecular weight excluding hydrogens is 242 g/mol. The molecule has 18 heavy (non-hydrogen) atoms. The Balaban J connectivity index is 1.97. The molecule has 2 heterocycles. The van der Waals surface area contributed by atoms with Crippen molar-refractivity contribution in [2.75, 3.05) is 6.61 Å². The summed E-state index contributed by atoms with van der Waals surface area (Å²) in [5.74, 6) is -0.951. The van der Waals surface area contributed by atoms with Crippen molar-refractivity contribution in [2.24, 2.45) is 4.99 Å². The van der Waals surface area contributed by atoms with Gasteiger partial charge in [-0.2, -0.15) is 0 Å². The first-order valence-corrected chi connectivity index (χ1v) is 5.29. The van der Waals surface area contributed by atoms with E-state index in [1.807, 2.05) is 0 Å². The van der Waals surface area contributed by atoms with E-state index in [0.29, 0.717) is 5.76 Å². The molecule has 1 atom stereocenters. The zero-order valence-corrected chi connectivity index (χ0v) is 9.14. The van der Waals surface area contributed by atoms with Gasteiger partial charge in [-0.1, -0.05) is 6.07 Å². The highest BCUT2D eigenvalue weighted by atomic mass is 19.1. The largest absolute Gasteiger partial charge is 0.475 e. The first-order chi connectivity index (χ1) is 8.75. The van der Waals surface area contributed by atoms with E-state index in [9.17, 15) is 8.78 Å². The molecule has 4 nitrogen and oxygen atoms in total. The molecule has 0 radical (unpaired) electrons. The van der Waals surface area contributed by atoms with Crippen LogP contribution in [0.5, 0.6) is 0 Å². The van der Waals surface area contributed by atoms with Crippen LogP contribution in [-0.4, -0.2) is 17.5 Å². The fourth-order valence-electron chi connectivity index (χ4n) is 1.75. The zero-order valence-electron chi connectivity index (χ0n) is 9.14. The van der Waals surface area contributed by atoms with E-state index < -0.39 is 17.7 Å². The second-order valence-corrected chi connectivity index (χ2v) is 3.76. The molecule has 1 aliphatic rings. The van der Waals surface area contributed by atoms with Crippen LogP contribution in [0.1, 0.15) is 17.4 Å². The Labute approximate surface area is 101 Å². The van der Waals surface area contributed by atoms with Crippen LogP contribution in [0.25, 0.3) is 0 Å². The van der Waals surface area contributed by atoms with Crippen LogP contribution in [0.3, 0.4) is 0 Å². The second-order valence-electron chi connectivity index (χ2n) is 3.76. The highest BCUT2D eigenvalue weighted by Gasteiger charge is 2.27. The fraction of sp³-hybridized carbons (Fsp3) is 0.167. The molecule has 0 spiro atoms. The number of benzene rings is 1. The molecule has 6 heteroatoms. The van der Waals surface area contributed by atoms with Gasteiger partial charge in [0.25, 0.3) is 0 Å². The Kier molecular flexibility index (Phi) is 2.55. The summed E-state index contributed by atoms with van der Waals surface area (Å²) in [4.78, 5) is 7.86. The molecule has 3 rings (SSSR count). The molecule has 1 aromatic heterocycles. The molecule has 0 saturated carbocycles. The van der Waals surface area contributed by atoms with Crippen LogP contribution >= 0.6 is 0 Å². The maximum absolute atomic E-state index is 13.5. The molecule has 2 aromatic rings. The Morgan fingerprint density at radius 2 is 2.00 bits per heavy atom. The molecule has 0 bridgehead atoms. The second kappa shape index (κ2) is 4.21. The predicted molar refractivity (Wildman–Crippen MR) is 58.1 cm³/mol. The first-order valence-electron chi connectivity index (χ1n) is 5.29. The number of aliphatic imine (C=N–C) groups is 1. The van der Waals surface area contributed by atoms with Crippen molar-refractivity contribution in [3.8, 4) is 0 Å². The number of nitrogens with zero attached hydrogens (tertiary/aromatic N) is 2. The number of halogens is 2. The van der Waals surface area contributed by atoms with Gasteiger partial charge in [0.1, 0.15) is 29.8 Å². The van der Waals surface area contributed by atoms with Crippen molar-refractivity contribution in [3.05, 3.63) is 53.7 Å². The SMILES string of the molecule is Fc1cccc(F)c1C1=NC(c2cnco2)CO1. The molecule has 0 amide bonds. The van der Waals surface area contributed by atoms with Crippen molar-refractivity contribution < 1.29 is 17.9 Å². The average Bonchev–Trinajstić information content (AvgIpc) is 2.99. The van der Waals surface area contributed by atoms with Gasteiger partial charge in [-0.3, -0.25) is 0 Å². The van der Waals surface area contributed by atoms with Gasteiger partial charge in [0, 0.05) is 0 Å². The van der Waals surface area contributed by atoms with Crippen molar-refractivity contribution >= 4 is 5.90 Å².